The van der Waals surface area contributed by atoms with Crippen LogP contribution in [0.15, 0.2) is 53.1 Å². The van der Waals surface area contributed by atoms with Crippen LogP contribution in [0.25, 0.3) is 11.3 Å². The number of anilines is 1. The molecular formula is C18H13Cl2FN2O2. The van der Waals surface area contributed by atoms with Gasteiger partial charge in [0.25, 0.3) is 0 Å². The molecule has 0 spiro atoms. The number of hydrogen-bond donors (Lipinski definition) is 1. The highest BCUT2D eigenvalue weighted by Crippen LogP contribution is 2.23. The van der Waals surface area contributed by atoms with Crippen LogP contribution in [0.3, 0.4) is 0 Å². The molecule has 7 heteroatoms. The lowest BCUT2D eigenvalue weighted by Gasteiger charge is -2.05. The fourth-order valence-corrected chi connectivity index (χ4v) is 2.50. The van der Waals surface area contributed by atoms with Crippen molar-refractivity contribution in [2.75, 3.05) is 5.32 Å². The minimum absolute atomic E-state index is 0.0434. The first kappa shape index (κ1) is 17.5. The maximum absolute atomic E-state index is 13.1. The number of rotatable bonds is 5. The van der Waals surface area contributed by atoms with Crippen LogP contribution in [-0.4, -0.2) is 10.9 Å². The van der Waals surface area contributed by atoms with E-state index in [0.29, 0.717) is 28.8 Å². The number of amides is 1. The zero-order valence-electron chi connectivity index (χ0n) is 12.9. The van der Waals surface area contributed by atoms with Crippen molar-refractivity contribution in [3.63, 3.8) is 0 Å². The van der Waals surface area contributed by atoms with Gasteiger partial charge in [0.2, 0.25) is 5.91 Å². The van der Waals surface area contributed by atoms with Gasteiger partial charge in [-0.2, -0.15) is 0 Å². The van der Waals surface area contributed by atoms with Crippen LogP contribution < -0.4 is 5.32 Å². The van der Waals surface area contributed by atoms with Crippen molar-refractivity contribution in [1.29, 1.82) is 0 Å². The fourth-order valence-electron chi connectivity index (χ4n) is 2.19. The van der Waals surface area contributed by atoms with Gasteiger partial charge in [-0.05, 0) is 42.5 Å². The van der Waals surface area contributed by atoms with Crippen molar-refractivity contribution < 1.29 is 13.6 Å². The van der Waals surface area contributed by atoms with Crippen molar-refractivity contribution >= 4 is 34.8 Å². The predicted molar refractivity (Wildman–Crippen MR) is 95.3 cm³/mol. The minimum atomic E-state index is -0.533. The number of aryl methyl sites for hydroxylation is 1. The van der Waals surface area contributed by atoms with Crippen molar-refractivity contribution in [1.82, 2.24) is 4.98 Å². The Hall–Kier alpha value is -2.37. The van der Waals surface area contributed by atoms with E-state index in [4.69, 9.17) is 27.6 Å². The average Bonchev–Trinajstić information content (AvgIpc) is 3.06. The number of carbonyl (C=O) groups is 1. The molecule has 0 aliphatic heterocycles. The van der Waals surface area contributed by atoms with Crippen molar-refractivity contribution in [3.8, 4) is 11.3 Å². The lowest BCUT2D eigenvalue weighted by atomic mass is 10.2. The van der Waals surface area contributed by atoms with Crippen LogP contribution in [0, 0.1) is 5.82 Å². The molecule has 128 valence electrons. The van der Waals surface area contributed by atoms with Crippen molar-refractivity contribution in [3.05, 3.63) is 70.4 Å². The number of halogens is 3. The summed E-state index contributed by atoms with van der Waals surface area (Å²) >= 11 is 11.5. The Morgan fingerprint density at radius 1 is 1.16 bits per heavy atom. The maximum atomic E-state index is 13.1. The number of oxazole rings is 1. The molecule has 0 aliphatic rings. The molecule has 0 atom stereocenters. The third kappa shape index (κ3) is 4.59. The monoisotopic (exact) mass is 378 g/mol. The molecule has 0 unspecified atom stereocenters. The van der Waals surface area contributed by atoms with Crippen molar-refractivity contribution in [2.45, 2.75) is 12.8 Å². The number of carbonyl (C=O) groups excluding carboxylic acids is 1. The molecule has 0 radical (unpaired) electrons. The summed E-state index contributed by atoms with van der Waals surface area (Å²) in [6.45, 7) is 0. The lowest BCUT2D eigenvalue weighted by molar-refractivity contribution is -0.116. The summed E-state index contributed by atoms with van der Waals surface area (Å²) < 4.78 is 18.7. The summed E-state index contributed by atoms with van der Waals surface area (Å²) in [5.74, 6) is 0.290. The first-order valence-corrected chi connectivity index (χ1v) is 8.22. The van der Waals surface area contributed by atoms with Crippen molar-refractivity contribution in [2.24, 2.45) is 0 Å². The Balaban J connectivity index is 1.57. The average molecular weight is 379 g/mol. The Kier molecular flexibility index (Phi) is 5.36. The predicted octanol–water partition coefficient (Wildman–Crippen LogP) is 5.36. The molecule has 0 saturated heterocycles. The summed E-state index contributed by atoms with van der Waals surface area (Å²) in [6, 6.07) is 11.2. The standard InChI is InChI=1S/C18H13Cl2FN2O2/c19-12-3-1-11(2-4-12)16-10-22-18(25-16)8-7-17(24)23-13-5-6-15(21)14(20)9-13/h1-6,9-10H,7-8H2,(H,23,24). The van der Waals surface area contributed by atoms with E-state index in [1.54, 1.807) is 18.3 Å². The van der Waals surface area contributed by atoms with Crippen LogP contribution >= 0.6 is 23.2 Å². The topological polar surface area (TPSA) is 55.1 Å². The summed E-state index contributed by atoms with van der Waals surface area (Å²) in [4.78, 5) is 16.1. The summed E-state index contributed by atoms with van der Waals surface area (Å²) in [5, 5.41) is 3.25. The molecule has 1 heterocycles. The third-order valence-electron chi connectivity index (χ3n) is 3.45. The van der Waals surface area contributed by atoms with Crippen LogP contribution in [-0.2, 0) is 11.2 Å². The van der Waals surface area contributed by atoms with Crippen LogP contribution in [0.1, 0.15) is 12.3 Å². The van der Waals surface area contributed by atoms with Gasteiger partial charge >= 0.3 is 0 Å². The van der Waals surface area contributed by atoms with E-state index in [2.05, 4.69) is 10.3 Å². The SMILES string of the molecule is O=C(CCc1ncc(-c2ccc(Cl)cc2)o1)Nc1ccc(F)c(Cl)c1. The maximum Gasteiger partial charge on any atom is 0.224 e. The molecule has 1 aromatic heterocycles. The normalized spacial score (nSPS) is 10.7. The van der Waals surface area contributed by atoms with Gasteiger partial charge in [0.15, 0.2) is 11.7 Å². The fraction of sp³-hybridized carbons (Fsp3) is 0.111. The molecule has 4 nitrogen and oxygen atoms in total. The molecule has 0 fully saturated rings. The highest BCUT2D eigenvalue weighted by atomic mass is 35.5. The van der Waals surface area contributed by atoms with E-state index in [-0.39, 0.29) is 17.4 Å². The van der Waals surface area contributed by atoms with E-state index >= 15 is 0 Å². The highest BCUT2D eigenvalue weighted by Gasteiger charge is 2.10. The van der Waals surface area contributed by atoms with Crippen LogP contribution in [0.2, 0.25) is 10.0 Å². The first-order valence-electron chi connectivity index (χ1n) is 7.47. The van der Waals surface area contributed by atoms with Crippen LogP contribution in [0.5, 0.6) is 0 Å². The van der Waals surface area contributed by atoms with Gasteiger partial charge in [0.1, 0.15) is 5.82 Å². The third-order valence-corrected chi connectivity index (χ3v) is 3.99. The van der Waals surface area contributed by atoms with E-state index in [0.717, 1.165) is 5.56 Å². The molecule has 0 bridgehead atoms. The lowest BCUT2D eigenvalue weighted by Crippen LogP contribution is -2.12. The van der Waals surface area contributed by atoms with E-state index in [1.165, 1.54) is 18.2 Å². The Morgan fingerprint density at radius 3 is 2.64 bits per heavy atom. The van der Waals surface area contributed by atoms with Gasteiger partial charge in [0, 0.05) is 29.1 Å². The number of nitrogens with one attached hydrogen (secondary N) is 1. The van der Waals surface area contributed by atoms with Gasteiger partial charge in [-0.25, -0.2) is 9.37 Å². The Labute approximate surface area is 153 Å². The smallest absolute Gasteiger partial charge is 0.224 e. The zero-order valence-corrected chi connectivity index (χ0v) is 14.4. The molecule has 1 N–H and O–H groups in total. The highest BCUT2D eigenvalue weighted by molar-refractivity contribution is 6.31. The Bertz CT molecular complexity index is 894. The second-order valence-electron chi connectivity index (χ2n) is 5.30. The van der Waals surface area contributed by atoms with E-state index < -0.39 is 5.82 Å². The Morgan fingerprint density at radius 2 is 1.92 bits per heavy atom. The van der Waals surface area contributed by atoms with Gasteiger partial charge in [0.05, 0.1) is 11.2 Å². The number of nitrogens with zero attached hydrogens (tertiary/aromatic N) is 1. The quantitative estimate of drug-likeness (QED) is 0.650. The second-order valence-corrected chi connectivity index (χ2v) is 6.15. The summed E-state index contributed by atoms with van der Waals surface area (Å²) in [5.41, 5.74) is 1.29. The zero-order chi connectivity index (χ0) is 17.8. The van der Waals surface area contributed by atoms with E-state index in [1.807, 2.05) is 12.1 Å². The largest absolute Gasteiger partial charge is 0.441 e. The molecule has 3 aromatic rings. The van der Waals surface area contributed by atoms with E-state index in [9.17, 15) is 9.18 Å². The number of benzene rings is 2. The molecule has 0 aliphatic carbocycles. The number of hydrogen-bond acceptors (Lipinski definition) is 3. The molecule has 25 heavy (non-hydrogen) atoms. The van der Waals surface area contributed by atoms with Gasteiger partial charge in [-0.1, -0.05) is 23.2 Å². The summed E-state index contributed by atoms with van der Waals surface area (Å²) in [7, 11) is 0. The van der Waals surface area contributed by atoms with Gasteiger partial charge < -0.3 is 9.73 Å². The second kappa shape index (κ2) is 7.68. The molecular weight excluding hydrogens is 366 g/mol. The molecule has 1 amide bonds. The summed E-state index contributed by atoms with van der Waals surface area (Å²) in [6.07, 6.45) is 2.13. The number of aromatic nitrogens is 1. The molecule has 3 rings (SSSR count). The minimum Gasteiger partial charge on any atom is -0.441 e. The molecule has 2 aromatic carbocycles. The molecule has 0 saturated carbocycles. The van der Waals surface area contributed by atoms with Gasteiger partial charge in [-0.15, -0.1) is 0 Å². The van der Waals surface area contributed by atoms with Gasteiger partial charge in [-0.3, -0.25) is 4.79 Å². The first-order chi connectivity index (χ1) is 12.0. The van der Waals surface area contributed by atoms with Crippen LogP contribution in [0.4, 0.5) is 10.1 Å².